The van der Waals surface area contributed by atoms with E-state index in [1.54, 1.807) is 18.1 Å². The number of nitrogens with zero attached hydrogens (tertiary/aromatic N) is 3. The van der Waals surface area contributed by atoms with Crippen molar-refractivity contribution in [3.63, 3.8) is 0 Å². The van der Waals surface area contributed by atoms with E-state index in [0.29, 0.717) is 17.6 Å². The van der Waals surface area contributed by atoms with Crippen LogP contribution in [0.3, 0.4) is 0 Å². The fourth-order valence-corrected chi connectivity index (χ4v) is 1.69. The van der Waals surface area contributed by atoms with Gasteiger partial charge in [0.05, 0.1) is 12.4 Å². The van der Waals surface area contributed by atoms with Crippen molar-refractivity contribution in [2.75, 3.05) is 19.4 Å². The normalized spacial score (nSPS) is 15.4. The number of rotatable bonds is 3. The molecule has 1 aliphatic carbocycles. The third-order valence-electron chi connectivity index (χ3n) is 3.07. The predicted octanol–water partition coefficient (Wildman–Crippen LogP) is 1.14. The van der Waals surface area contributed by atoms with Crippen LogP contribution in [0.5, 0.6) is 0 Å². The third-order valence-corrected chi connectivity index (χ3v) is 3.07. The van der Waals surface area contributed by atoms with Gasteiger partial charge in [0.1, 0.15) is 11.5 Å². The first-order valence-corrected chi connectivity index (χ1v) is 5.49. The lowest BCUT2D eigenvalue weighted by Crippen LogP contribution is -2.41. The summed E-state index contributed by atoms with van der Waals surface area (Å²) >= 11 is 0. The highest BCUT2D eigenvalue weighted by molar-refractivity contribution is 5.92. The number of carbonyl (C=O) groups excluding carboxylic acids is 1. The van der Waals surface area contributed by atoms with Crippen molar-refractivity contribution in [2.45, 2.75) is 25.3 Å². The number of anilines is 1. The summed E-state index contributed by atoms with van der Waals surface area (Å²) in [5.41, 5.74) is 0.411. The molecule has 0 atom stereocenters. The van der Waals surface area contributed by atoms with Crippen molar-refractivity contribution in [2.24, 2.45) is 0 Å². The number of hydrogen-bond donors (Lipinski definition) is 1. The zero-order valence-electron chi connectivity index (χ0n) is 9.60. The fraction of sp³-hybridized carbons (Fsp3) is 0.545. The Morgan fingerprint density at radius 1 is 1.44 bits per heavy atom. The van der Waals surface area contributed by atoms with E-state index in [-0.39, 0.29) is 5.91 Å². The molecule has 0 radical (unpaired) electrons. The molecule has 1 N–H and O–H groups in total. The van der Waals surface area contributed by atoms with Gasteiger partial charge in [-0.2, -0.15) is 0 Å². The molecule has 86 valence electrons. The van der Waals surface area contributed by atoms with Crippen LogP contribution in [0.4, 0.5) is 5.82 Å². The number of amides is 1. The van der Waals surface area contributed by atoms with Gasteiger partial charge in [-0.15, -0.1) is 0 Å². The van der Waals surface area contributed by atoms with Gasteiger partial charge in [-0.05, 0) is 19.3 Å². The van der Waals surface area contributed by atoms with E-state index in [2.05, 4.69) is 15.3 Å². The van der Waals surface area contributed by atoms with Crippen LogP contribution in [0.2, 0.25) is 0 Å². The summed E-state index contributed by atoms with van der Waals surface area (Å²) in [4.78, 5) is 21.9. The van der Waals surface area contributed by atoms with Crippen molar-refractivity contribution in [3.8, 4) is 0 Å². The minimum atomic E-state index is -0.0418. The summed E-state index contributed by atoms with van der Waals surface area (Å²) in [6.07, 6.45) is 6.51. The van der Waals surface area contributed by atoms with E-state index < -0.39 is 0 Å². The highest BCUT2D eigenvalue weighted by atomic mass is 16.2. The molecule has 2 rings (SSSR count). The smallest absolute Gasteiger partial charge is 0.274 e. The lowest BCUT2D eigenvalue weighted by molar-refractivity contribution is 0.0645. The van der Waals surface area contributed by atoms with Crippen molar-refractivity contribution in [3.05, 3.63) is 18.1 Å². The largest absolute Gasteiger partial charge is 0.372 e. The van der Waals surface area contributed by atoms with Crippen LogP contribution in [0, 0.1) is 0 Å². The molecule has 1 amide bonds. The first kappa shape index (κ1) is 10.9. The molecule has 0 aromatic carbocycles. The first-order chi connectivity index (χ1) is 7.72. The maximum absolute atomic E-state index is 12.0. The van der Waals surface area contributed by atoms with E-state index in [9.17, 15) is 4.79 Å². The van der Waals surface area contributed by atoms with Gasteiger partial charge < -0.3 is 10.2 Å². The number of nitrogens with one attached hydrogen (secondary N) is 1. The Morgan fingerprint density at radius 2 is 2.19 bits per heavy atom. The fourth-order valence-electron chi connectivity index (χ4n) is 1.69. The average molecular weight is 220 g/mol. The van der Waals surface area contributed by atoms with Gasteiger partial charge in [-0.3, -0.25) is 4.79 Å². The summed E-state index contributed by atoms with van der Waals surface area (Å²) in [6.45, 7) is 0. The molecule has 0 bridgehead atoms. The minimum Gasteiger partial charge on any atom is -0.372 e. The average Bonchev–Trinajstić information content (AvgIpc) is 2.26. The Balaban J connectivity index is 2.07. The van der Waals surface area contributed by atoms with Gasteiger partial charge in [0.15, 0.2) is 0 Å². The van der Waals surface area contributed by atoms with Gasteiger partial charge >= 0.3 is 0 Å². The Morgan fingerprint density at radius 3 is 2.62 bits per heavy atom. The zero-order chi connectivity index (χ0) is 11.5. The van der Waals surface area contributed by atoms with E-state index in [0.717, 1.165) is 12.8 Å². The summed E-state index contributed by atoms with van der Waals surface area (Å²) in [7, 11) is 3.60. The van der Waals surface area contributed by atoms with Gasteiger partial charge in [-0.1, -0.05) is 0 Å². The van der Waals surface area contributed by atoms with Crippen molar-refractivity contribution in [1.82, 2.24) is 14.9 Å². The molecule has 1 fully saturated rings. The van der Waals surface area contributed by atoms with Crippen LogP contribution in [0.1, 0.15) is 29.8 Å². The summed E-state index contributed by atoms with van der Waals surface area (Å²) in [5.74, 6) is 0.628. The third kappa shape index (κ3) is 1.98. The van der Waals surface area contributed by atoms with E-state index in [4.69, 9.17) is 0 Å². The van der Waals surface area contributed by atoms with Crippen LogP contribution >= 0.6 is 0 Å². The minimum absolute atomic E-state index is 0.0418. The Kier molecular flexibility index (Phi) is 3.03. The molecule has 1 saturated carbocycles. The molecule has 1 aliphatic rings. The van der Waals surface area contributed by atoms with Crippen molar-refractivity contribution < 1.29 is 4.79 Å². The lowest BCUT2D eigenvalue weighted by Gasteiger charge is -2.34. The molecule has 16 heavy (non-hydrogen) atoms. The number of carbonyl (C=O) groups is 1. The predicted molar refractivity (Wildman–Crippen MR) is 61.3 cm³/mol. The van der Waals surface area contributed by atoms with Crippen LogP contribution in [-0.4, -0.2) is 40.9 Å². The molecule has 1 heterocycles. The topological polar surface area (TPSA) is 58.1 Å². The summed E-state index contributed by atoms with van der Waals surface area (Å²) in [6, 6.07) is 0.387. The SMILES string of the molecule is CNc1cnc(C(=O)N(C)C2CCC2)cn1. The van der Waals surface area contributed by atoms with Crippen molar-refractivity contribution in [1.29, 1.82) is 0 Å². The Bertz CT molecular complexity index is 372. The van der Waals surface area contributed by atoms with Crippen LogP contribution < -0.4 is 5.32 Å². The van der Waals surface area contributed by atoms with Gasteiger partial charge in [0.25, 0.3) is 5.91 Å². The van der Waals surface area contributed by atoms with Gasteiger partial charge in [0, 0.05) is 20.1 Å². The van der Waals surface area contributed by atoms with E-state index in [1.165, 1.54) is 12.6 Å². The molecule has 5 heteroatoms. The standard InChI is InChI=1S/C11H16N4O/c1-12-10-7-13-9(6-14-10)11(16)15(2)8-4-3-5-8/h6-8H,3-5H2,1-2H3,(H,12,14). The Labute approximate surface area is 94.9 Å². The molecule has 0 spiro atoms. The number of aromatic nitrogens is 2. The van der Waals surface area contributed by atoms with Crippen LogP contribution in [-0.2, 0) is 0 Å². The van der Waals surface area contributed by atoms with Gasteiger partial charge in [-0.25, -0.2) is 9.97 Å². The molecule has 0 saturated heterocycles. The summed E-state index contributed by atoms with van der Waals surface area (Å²) < 4.78 is 0. The maximum Gasteiger partial charge on any atom is 0.274 e. The van der Waals surface area contributed by atoms with E-state index >= 15 is 0 Å². The molecule has 0 aliphatic heterocycles. The first-order valence-electron chi connectivity index (χ1n) is 5.49. The zero-order valence-corrected chi connectivity index (χ0v) is 9.60. The highest BCUT2D eigenvalue weighted by Gasteiger charge is 2.26. The Hall–Kier alpha value is -1.65. The van der Waals surface area contributed by atoms with Gasteiger partial charge in [0.2, 0.25) is 0 Å². The second kappa shape index (κ2) is 4.47. The second-order valence-corrected chi connectivity index (χ2v) is 4.04. The molecule has 5 nitrogen and oxygen atoms in total. The molecule has 1 aromatic rings. The number of hydrogen-bond acceptors (Lipinski definition) is 4. The molecular formula is C11H16N4O. The molecule has 0 unspecified atom stereocenters. The quantitative estimate of drug-likeness (QED) is 0.830. The molecular weight excluding hydrogens is 204 g/mol. The van der Waals surface area contributed by atoms with Crippen LogP contribution in [0.25, 0.3) is 0 Å². The maximum atomic E-state index is 12.0. The lowest BCUT2D eigenvalue weighted by atomic mass is 9.92. The van der Waals surface area contributed by atoms with E-state index in [1.807, 2.05) is 7.05 Å². The molecule has 1 aromatic heterocycles. The van der Waals surface area contributed by atoms with Crippen molar-refractivity contribution >= 4 is 11.7 Å². The second-order valence-electron chi connectivity index (χ2n) is 4.04. The highest BCUT2D eigenvalue weighted by Crippen LogP contribution is 2.24. The van der Waals surface area contributed by atoms with Crippen LogP contribution in [0.15, 0.2) is 12.4 Å². The monoisotopic (exact) mass is 220 g/mol. The summed E-state index contributed by atoms with van der Waals surface area (Å²) in [5, 5.41) is 2.87.